The fourth-order valence-electron chi connectivity index (χ4n) is 2.97. The Morgan fingerprint density at radius 3 is 2.78 bits per heavy atom. The molecule has 0 bridgehead atoms. The van der Waals surface area contributed by atoms with Gasteiger partial charge in [0, 0.05) is 44.9 Å². The van der Waals surface area contributed by atoms with Gasteiger partial charge >= 0.3 is 0 Å². The Balaban J connectivity index is 1.70. The number of halogens is 2. The molecular formula is C18H20F2N4O3. The second-order valence-corrected chi connectivity index (χ2v) is 6.21. The lowest BCUT2D eigenvalue weighted by molar-refractivity contribution is -0.137. The highest BCUT2D eigenvalue weighted by atomic mass is 19.1. The van der Waals surface area contributed by atoms with Crippen molar-refractivity contribution in [3.05, 3.63) is 42.2 Å². The first kappa shape index (κ1) is 19.0. The summed E-state index contributed by atoms with van der Waals surface area (Å²) >= 11 is 0. The van der Waals surface area contributed by atoms with Crippen molar-refractivity contribution >= 4 is 11.7 Å². The van der Waals surface area contributed by atoms with Crippen molar-refractivity contribution in [1.29, 1.82) is 0 Å². The third kappa shape index (κ3) is 4.48. The normalized spacial score (nSPS) is 17.1. The highest BCUT2D eigenvalue weighted by Gasteiger charge is 2.28. The number of rotatable bonds is 5. The molecule has 1 unspecified atom stereocenters. The van der Waals surface area contributed by atoms with Gasteiger partial charge in [0.1, 0.15) is 24.6 Å². The molecule has 1 fully saturated rings. The summed E-state index contributed by atoms with van der Waals surface area (Å²) < 4.78 is 37.1. The summed E-state index contributed by atoms with van der Waals surface area (Å²) in [6.07, 6.45) is 1.32. The molecule has 0 spiro atoms. The maximum Gasteiger partial charge on any atom is 0.248 e. The third-order valence-corrected chi connectivity index (χ3v) is 4.28. The average Bonchev–Trinajstić information content (AvgIpc) is 2.64. The van der Waals surface area contributed by atoms with Gasteiger partial charge in [-0.25, -0.2) is 18.7 Å². The van der Waals surface area contributed by atoms with Gasteiger partial charge in [0.05, 0.1) is 0 Å². The molecule has 1 atom stereocenters. The summed E-state index contributed by atoms with van der Waals surface area (Å²) in [6, 6.07) is 4.63. The van der Waals surface area contributed by atoms with Crippen molar-refractivity contribution < 1.29 is 23.0 Å². The van der Waals surface area contributed by atoms with Crippen molar-refractivity contribution in [2.45, 2.75) is 13.0 Å². The summed E-state index contributed by atoms with van der Waals surface area (Å²) in [5.41, 5.74) is 0. The first-order valence-corrected chi connectivity index (χ1v) is 8.46. The molecule has 27 heavy (non-hydrogen) atoms. The predicted molar refractivity (Wildman–Crippen MR) is 93.7 cm³/mol. The van der Waals surface area contributed by atoms with Crippen molar-refractivity contribution in [1.82, 2.24) is 14.9 Å². The van der Waals surface area contributed by atoms with Crippen LogP contribution in [0.15, 0.2) is 30.6 Å². The number of benzene rings is 1. The van der Waals surface area contributed by atoms with Gasteiger partial charge in [-0.1, -0.05) is 0 Å². The number of methoxy groups -OCH3 is 1. The first-order valence-electron chi connectivity index (χ1n) is 8.46. The number of amides is 1. The molecule has 0 N–H and O–H groups in total. The minimum Gasteiger partial charge on any atom is -0.436 e. The number of hydrogen-bond acceptors (Lipinski definition) is 6. The SMILES string of the molecule is COCC(=O)N1CCN(c2cc(Oc3ccc(F)cc3F)ncn2)CC1C. The zero-order valence-electron chi connectivity index (χ0n) is 15.1. The lowest BCUT2D eigenvalue weighted by atomic mass is 10.2. The minimum atomic E-state index is -0.811. The lowest BCUT2D eigenvalue weighted by Gasteiger charge is -2.40. The summed E-state index contributed by atoms with van der Waals surface area (Å²) in [6.45, 7) is 3.71. The number of anilines is 1. The Hall–Kier alpha value is -2.81. The van der Waals surface area contributed by atoms with Gasteiger partial charge in [0.2, 0.25) is 11.8 Å². The van der Waals surface area contributed by atoms with E-state index in [1.165, 1.54) is 19.5 Å². The number of piperazine rings is 1. The van der Waals surface area contributed by atoms with E-state index in [1.807, 2.05) is 11.8 Å². The van der Waals surface area contributed by atoms with E-state index >= 15 is 0 Å². The highest BCUT2D eigenvalue weighted by molar-refractivity contribution is 5.78. The fraction of sp³-hybridized carbons (Fsp3) is 0.389. The number of nitrogens with zero attached hydrogens (tertiary/aromatic N) is 4. The Morgan fingerprint density at radius 2 is 2.07 bits per heavy atom. The van der Waals surface area contributed by atoms with Gasteiger partial charge in [0.25, 0.3) is 0 Å². The molecule has 1 aliphatic rings. The van der Waals surface area contributed by atoms with Gasteiger partial charge in [-0.15, -0.1) is 0 Å². The van der Waals surface area contributed by atoms with Crippen LogP contribution in [-0.4, -0.2) is 60.2 Å². The molecule has 2 heterocycles. The van der Waals surface area contributed by atoms with E-state index in [1.54, 1.807) is 11.0 Å². The molecule has 1 amide bonds. The standard InChI is InChI=1S/C18H20F2N4O3/c1-12-9-23(5-6-24(12)18(25)10-26-2)16-8-17(22-11-21-16)27-15-4-3-13(19)7-14(15)20/h3-4,7-8,11-12H,5-6,9-10H2,1-2H3. The van der Waals surface area contributed by atoms with Crippen LogP contribution in [-0.2, 0) is 9.53 Å². The van der Waals surface area contributed by atoms with Crippen LogP contribution in [0.3, 0.4) is 0 Å². The molecular weight excluding hydrogens is 358 g/mol. The van der Waals surface area contributed by atoms with Crippen LogP contribution < -0.4 is 9.64 Å². The maximum atomic E-state index is 13.8. The van der Waals surface area contributed by atoms with Crippen LogP contribution in [0.1, 0.15) is 6.92 Å². The molecule has 2 aromatic rings. The van der Waals surface area contributed by atoms with Gasteiger partial charge in [-0.3, -0.25) is 4.79 Å². The van der Waals surface area contributed by atoms with Crippen LogP contribution >= 0.6 is 0 Å². The molecule has 3 rings (SSSR count). The van der Waals surface area contributed by atoms with Gasteiger partial charge in [-0.2, -0.15) is 0 Å². The molecule has 1 aromatic heterocycles. The molecule has 1 aliphatic heterocycles. The number of aromatic nitrogens is 2. The smallest absolute Gasteiger partial charge is 0.248 e. The molecule has 1 saturated heterocycles. The van der Waals surface area contributed by atoms with Crippen molar-refractivity contribution in [3.8, 4) is 11.6 Å². The van der Waals surface area contributed by atoms with E-state index in [-0.39, 0.29) is 30.2 Å². The molecule has 0 saturated carbocycles. The molecule has 144 valence electrons. The second kappa shape index (κ2) is 8.26. The van der Waals surface area contributed by atoms with E-state index in [9.17, 15) is 13.6 Å². The average molecular weight is 378 g/mol. The number of carbonyl (C=O) groups excluding carboxylic acids is 1. The van der Waals surface area contributed by atoms with Gasteiger partial charge in [-0.05, 0) is 19.1 Å². The van der Waals surface area contributed by atoms with Crippen LogP contribution in [0.2, 0.25) is 0 Å². The fourth-order valence-corrected chi connectivity index (χ4v) is 2.97. The first-order chi connectivity index (χ1) is 13.0. The second-order valence-electron chi connectivity index (χ2n) is 6.21. The van der Waals surface area contributed by atoms with E-state index in [0.717, 1.165) is 12.1 Å². The Labute approximate surface area is 155 Å². The number of ether oxygens (including phenoxy) is 2. The van der Waals surface area contributed by atoms with E-state index in [4.69, 9.17) is 9.47 Å². The van der Waals surface area contributed by atoms with Crippen molar-refractivity contribution in [3.63, 3.8) is 0 Å². The Morgan fingerprint density at radius 1 is 1.26 bits per heavy atom. The van der Waals surface area contributed by atoms with Crippen molar-refractivity contribution in [2.24, 2.45) is 0 Å². The summed E-state index contributed by atoms with van der Waals surface area (Å²) in [5, 5.41) is 0. The zero-order valence-corrected chi connectivity index (χ0v) is 15.1. The maximum absolute atomic E-state index is 13.8. The number of hydrogen-bond donors (Lipinski definition) is 0. The molecule has 0 radical (unpaired) electrons. The molecule has 9 heteroatoms. The summed E-state index contributed by atoms with van der Waals surface area (Å²) in [4.78, 5) is 24.0. The quantitative estimate of drug-likeness (QED) is 0.795. The minimum absolute atomic E-state index is 0.0183. The molecule has 7 nitrogen and oxygen atoms in total. The van der Waals surface area contributed by atoms with Crippen molar-refractivity contribution in [2.75, 3.05) is 38.3 Å². The molecule has 0 aliphatic carbocycles. The van der Waals surface area contributed by atoms with Gasteiger partial charge < -0.3 is 19.3 Å². The topological polar surface area (TPSA) is 67.8 Å². The van der Waals surface area contributed by atoms with Crippen LogP contribution in [0.25, 0.3) is 0 Å². The van der Waals surface area contributed by atoms with Crippen LogP contribution in [0.4, 0.5) is 14.6 Å². The zero-order chi connectivity index (χ0) is 19.4. The van der Waals surface area contributed by atoms with Crippen LogP contribution in [0.5, 0.6) is 11.6 Å². The summed E-state index contributed by atoms with van der Waals surface area (Å²) in [7, 11) is 1.49. The van der Waals surface area contributed by atoms with E-state index in [2.05, 4.69) is 9.97 Å². The third-order valence-electron chi connectivity index (χ3n) is 4.28. The molecule has 1 aromatic carbocycles. The lowest BCUT2D eigenvalue weighted by Crippen LogP contribution is -2.55. The van der Waals surface area contributed by atoms with Gasteiger partial charge in [0.15, 0.2) is 11.6 Å². The Kier molecular flexibility index (Phi) is 5.80. The Bertz CT molecular complexity index is 821. The predicted octanol–water partition coefficient (Wildman–Crippen LogP) is 2.23. The monoisotopic (exact) mass is 378 g/mol. The summed E-state index contributed by atoms with van der Waals surface area (Å²) in [5.74, 6) is -0.913. The van der Waals surface area contributed by atoms with Crippen LogP contribution in [0, 0.1) is 11.6 Å². The van der Waals surface area contributed by atoms with E-state index in [0.29, 0.717) is 25.5 Å². The highest BCUT2D eigenvalue weighted by Crippen LogP contribution is 2.26. The largest absolute Gasteiger partial charge is 0.436 e. The van der Waals surface area contributed by atoms with E-state index < -0.39 is 11.6 Å². The number of carbonyl (C=O) groups is 1.